The molecule has 0 radical (unpaired) electrons. The van der Waals surface area contributed by atoms with Gasteiger partial charge in [0.25, 0.3) is 0 Å². The van der Waals surface area contributed by atoms with Crippen LogP contribution in [0.1, 0.15) is 29.5 Å². The maximum atomic E-state index is 5.73. The summed E-state index contributed by atoms with van der Waals surface area (Å²) in [6.45, 7) is 5.03. The van der Waals surface area contributed by atoms with Crippen molar-refractivity contribution in [3.05, 3.63) is 46.2 Å². The first kappa shape index (κ1) is 14.2. The van der Waals surface area contributed by atoms with Crippen LogP contribution in [0.2, 0.25) is 0 Å². The van der Waals surface area contributed by atoms with Crippen molar-refractivity contribution in [3.63, 3.8) is 0 Å². The molecule has 0 aliphatic rings. The number of hydrogen-bond donors (Lipinski definition) is 2. The van der Waals surface area contributed by atoms with Crippen LogP contribution in [0.3, 0.4) is 0 Å². The van der Waals surface area contributed by atoms with Crippen LogP contribution in [-0.4, -0.2) is 14.5 Å². The minimum absolute atomic E-state index is 0.0166. The van der Waals surface area contributed by atoms with E-state index in [0.717, 1.165) is 35.0 Å². The number of hydrogen-bond acceptors (Lipinski definition) is 5. The molecule has 3 rings (SSSR count). The Morgan fingerprint density at radius 2 is 2.14 bits per heavy atom. The number of para-hydroxylation sites is 2. The van der Waals surface area contributed by atoms with Gasteiger partial charge in [0.15, 0.2) is 0 Å². The number of benzene rings is 1. The third-order valence-corrected chi connectivity index (χ3v) is 4.42. The number of aromatic nitrogens is 3. The van der Waals surface area contributed by atoms with Gasteiger partial charge < -0.3 is 4.57 Å². The lowest BCUT2D eigenvalue weighted by atomic mass is 10.1. The van der Waals surface area contributed by atoms with Crippen molar-refractivity contribution in [2.45, 2.75) is 32.9 Å². The molecule has 5 nitrogen and oxygen atoms in total. The van der Waals surface area contributed by atoms with E-state index in [1.165, 1.54) is 5.52 Å². The molecule has 0 aliphatic carbocycles. The van der Waals surface area contributed by atoms with Gasteiger partial charge in [-0.05, 0) is 26.0 Å². The van der Waals surface area contributed by atoms with Crippen LogP contribution in [0.4, 0.5) is 0 Å². The van der Waals surface area contributed by atoms with Crippen LogP contribution < -0.4 is 11.3 Å². The predicted molar refractivity (Wildman–Crippen MR) is 86.0 cm³/mol. The SMILES string of the molecule is CCn1c(CC(NN)c2csc(C)n2)nc2ccccc21. The first-order valence-corrected chi connectivity index (χ1v) is 7.93. The number of hydrazine groups is 1. The number of imidazole rings is 1. The molecule has 1 atom stereocenters. The minimum Gasteiger partial charge on any atom is -0.328 e. The zero-order valence-corrected chi connectivity index (χ0v) is 13.0. The van der Waals surface area contributed by atoms with Gasteiger partial charge in [-0.2, -0.15) is 0 Å². The lowest BCUT2D eigenvalue weighted by Gasteiger charge is -2.14. The van der Waals surface area contributed by atoms with Gasteiger partial charge in [-0.15, -0.1) is 11.3 Å². The Kier molecular flexibility index (Phi) is 4.01. The van der Waals surface area contributed by atoms with Crippen molar-refractivity contribution in [1.29, 1.82) is 0 Å². The van der Waals surface area contributed by atoms with E-state index in [-0.39, 0.29) is 6.04 Å². The molecule has 2 heterocycles. The summed E-state index contributed by atoms with van der Waals surface area (Å²) in [4.78, 5) is 9.27. The second kappa shape index (κ2) is 5.93. The van der Waals surface area contributed by atoms with Gasteiger partial charge in [0.1, 0.15) is 5.82 Å². The van der Waals surface area contributed by atoms with Crippen LogP contribution in [0.15, 0.2) is 29.6 Å². The van der Waals surface area contributed by atoms with Crippen LogP contribution in [-0.2, 0) is 13.0 Å². The molecular formula is C15H19N5S. The van der Waals surface area contributed by atoms with E-state index < -0.39 is 0 Å². The van der Waals surface area contributed by atoms with E-state index in [1.54, 1.807) is 11.3 Å². The number of thiazole rings is 1. The third kappa shape index (κ3) is 2.70. The Bertz CT molecular complexity index is 745. The molecule has 0 fully saturated rings. The Labute approximate surface area is 127 Å². The van der Waals surface area contributed by atoms with Crippen molar-refractivity contribution in [3.8, 4) is 0 Å². The Morgan fingerprint density at radius 3 is 2.81 bits per heavy atom. The monoisotopic (exact) mass is 301 g/mol. The van der Waals surface area contributed by atoms with Crippen LogP contribution in [0.5, 0.6) is 0 Å². The van der Waals surface area contributed by atoms with Gasteiger partial charge in [0, 0.05) is 18.3 Å². The Morgan fingerprint density at radius 1 is 1.33 bits per heavy atom. The molecule has 0 amide bonds. The van der Waals surface area contributed by atoms with Crippen molar-refractivity contribution >= 4 is 22.4 Å². The molecule has 0 aliphatic heterocycles. The summed E-state index contributed by atoms with van der Waals surface area (Å²) in [5.74, 6) is 6.76. The van der Waals surface area contributed by atoms with Crippen LogP contribution in [0, 0.1) is 6.92 Å². The number of nitrogens with zero attached hydrogens (tertiary/aromatic N) is 3. The van der Waals surface area contributed by atoms with Crippen LogP contribution in [0.25, 0.3) is 11.0 Å². The summed E-state index contributed by atoms with van der Waals surface area (Å²) in [5, 5.41) is 3.10. The van der Waals surface area contributed by atoms with Crippen molar-refractivity contribution in [2.24, 2.45) is 5.84 Å². The average Bonchev–Trinajstić information content (AvgIpc) is 3.07. The molecule has 3 aromatic rings. The Balaban J connectivity index is 1.96. The molecule has 3 N–H and O–H groups in total. The molecule has 1 unspecified atom stereocenters. The predicted octanol–water partition coefficient (Wildman–Crippen LogP) is 2.57. The lowest BCUT2D eigenvalue weighted by Crippen LogP contribution is -2.30. The average molecular weight is 301 g/mol. The molecule has 0 saturated heterocycles. The third-order valence-electron chi connectivity index (χ3n) is 3.63. The number of fused-ring (bicyclic) bond motifs is 1. The van der Waals surface area contributed by atoms with Gasteiger partial charge >= 0.3 is 0 Å². The van der Waals surface area contributed by atoms with Crippen molar-refractivity contribution in [1.82, 2.24) is 20.0 Å². The number of nitrogens with two attached hydrogens (primary N) is 1. The highest BCUT2D eigenvalue weighted by atomic mass is 32.1. The first-order chi connectivity index (χ1) is 10.2. The quantitative estimate of drug-likeness (QED) is 0.561. The summed E-state index contributed by atoms with van der Waals surface area (Å²) < 4.78 is 2.24. The smallest absolute Gasteiger partial charge is 0.111 e. The maximum Gasteiger partial charge on any atom is 0.111 e. The molecule has 0 bridgehead atoms. The largest absolute Gasteiger partial charge is 0.328 e. The fourth-order valence-electron chi connectivity index (χ4n) is 2.61. The molecule has 0 spiro atoms. The minimum atomic E-state index is -0.0166. The molecular weight excluding hydrogens is 282 g/mol. The lowest BCUT2D eigenvalue weighted by molar-refractivity contribution is 0.516. The standard InChI is InChI=1S/C15H19N5S/c1-3-20-14-7-5-4-6-11(14)18-15(20)8-12(19-16)13-9-21-10(2)17-13/h4-7,9,12,19H,3,8,16H2,1-2H3. The van der Waals surface area contributed by atoms with Gasteiger partial charge in [0.05, 0.1) is 27.8 Å². The van der Waals surface area contributed by atoms with Crippen molar-refractivity contribution in [2.75, 3.05) is 0 Å². The van der Waals surface area contributed by atoms with E-state index >= 15 is 0 Å². The molecule has 0 saturated carbocycles. The summed E-state index contributed by atoms with van der Waals surface area (Å²) in [6, 6.07) is 8.19. The van der Waals surface area contributed by atoms with Crippen molar-refractivity contribution < 1.29 is 0 Å². The molecule has 110 valence electrons. The van der Waals surface area contributed by atoms with Gasteiger partial charge in [0.2, 0.25) is 0 Å². The summed E-state index contributed by atoms with van der Waals surface area (Å²) in [7, 11) is 0. The van der Waals surface area contributed by atoms with E-state index in [1.807, 2.05) is 25.1 Å². The summed E-state index contributed by atoms with van der Waals surface area (Å²) in [6.07, 6.45) is 0.724. The first-order valence-electron chi connectivity index (χ1n) is 7.05. The number of nitrogens with one attached hydrogen (secondary N) is 1. The highest BCUT2D eigenvalue weighted by molar-refractivity contribution is 7.09. The van der Waals surface area contributed by atoms with E-state index in [0.29, 0.717) is 0 Å². The van der Waals surface area contributed by atoms with E-state index in [9.17, 15) is 0 Å². The normalized spacial score (nSPS) is 12.9. The second-order valence-electron chi connectivity index (χ2n) is 4.98. The molecule has 21 heavy (non-hydrogen) atoms. The van der Waals surface area contributed by atoms with Gasteiger partial charge in [-0.3, -0.25) is 11.3 Å². The molecule has 6 heteroatoms. The number of rotatable bonds is 5. The highest BCUT2D eigenvalue weighted by Gasteiger charge is 2.18. The topological polar surface area (TPSA) is 68.8 Å². The van der Waals surface area contributed by atoms with E-state index in [2.05, 4.69) is 33.3 Å². The van der Waals surface area contributed by atoms with Gasteiger partial charge in [-0.25, -0.2) is 9.97 Å². The fraction of sp³-hybridized carbons (Fsp3) is 0.333. The summed E-state index contributed by atoms with van der Waals surface area (Å²) >= 11 is 1.64. The summed E-state index contributed by atoms with van der Waals surface area (Å²) in [5.41, 5.74) is 6.04. The molecule has 1 aromatic carbocycles. The second-order valence-corrected chi connectivity index (χ2v) is 6.04. The van der Waals surface area contributed by atoms with Crippen LogP contribution >= 0.6 is 11.3 Å². The number of aryl methyl sites for hydroxylation is 2. The zero-order chi connectivity index (χ0) is 14.8. The fourth-order valence-corrected chi connectivity index (χ4v) is 3.27. The Hall–Kier alpha value is -1.76. The molecule has 2 aromatic heterocycles. The van der Waals surface area contributed by atoms with E-state index in [4.69, 9.17) is 10.8 Å². The highest BCUT2D eigenvalue weighted by Crippen LogP contribution is 2.22. The zero-order valence-electron chi connectivity index (χ0n) is 12.2. The van der Waals surface area contributed by atoms with Gasteiger partial charge in [-0.1, -0.05) is 12.1 Å². The maximum absolute atomic E-state index is 5.73.